The maximum absolute atomic E-state index is 12.9. The highest BCUT2D eigenvalue weighted by atomic mass is 16.5. The summed E-state index contributed by atoms with van der Waals surface area (Å²) >= 11 is 0. The number of amides is 1. The van der Waals surface area contributed by atoms with Crippen molar-refractivity contribution in [1.29, 1.82) is 0 Å². The highest BCUT2D eigenvalue weighted by molar-refractivity contribution is 5.79. The number of ether oxygens (including phenoxy) is 1. The Morgan fingerprint density at radius 2 is 1.87 bits per heavy atom. The van der Waals surface area contributed by atoms with Crippen molar-refractivity contribution in [3.8, 4) is 0 Å². The quantitative estimate of drug-likeness (QED) is 0.777. The Kier molecular flexibility index (Phi) is 5.23. The lowest BCUT2D eigenvalue weighted by molar-refractivity contribution is -0.138. The number of benzene rings is 1. The number of carbonyl (C=O) groups is 1. The van der Waals surface area contributed by atoms with Crippen LogP contribution in [-0.4, -0.2) is 51.5 Å². The molecule has 3 aliphatic heterocycles. The molecule has 30 heavy (non-hydrogen) atoms. The molecule has 1 aromatic heterocycles. The summed E-state index contributed by atoms with van der Waals surface area (Å²) in [5, 5.41) is 4.67. The van der Waals surface area contributed by atoms with Crippen LogP contribution in [0.5, 0.6) is 0 Å². The number of aryl methyl sites for hydroxylation is 1. The van der Waals surface area contributed by atoms with Gasteiger partial charge in [-0.25, -0.2) is 9.48 Å². The van der Waals surface area contributed by atoms with E-state index in [4.69, 9.17) is 4.74 Å². The minimum absolute atomic E-state index is 0.000231. The summed E-state index contributed by atoms with van der Waals surface area (Å²) in [6, 6.07) is 10.0. The number of nitrogens with zero attached hydrogens (tertiary/aromatic N) is 4. The van der Waals surface area contributed by atoms with Crippen LogP contribution < -0.4 is 5.69 Å². The minimum atomic E-state index is -0.000231. The first kappa shape index (κ1) is 19.5. The van der Waals surface area contributed by atoms with Gasteiger partial charge >= 0.3 is 5.69 Å². The van der Waals surface area contributed by atoms with Crippen molar-refractivity contribution in [1.82, 2.24) is 19.2 Å². The lowest BCUT2D eigenvalue weighted by Crippen LogP contribution is -2.45. The lowest BCUT2D eigenvalue weighted by Gasteiger charge is -2.42. The smallest absolute Gasteiger partial charge is 0.346 e. The van der Waals surface area contributed by atoms with E-state index in [2.05, 4.69) is 5.10 Å². The number of likely N-dealkylation sites (tertiary alicyclic amines) is 1. The molecule has 7 heteroatoms. The van der Waals surface area contributed by atoms with Crippen LogP contribution in [0.1, 0.15) is 43.5 Å². The average molecular weight is 411 g/mol. The zero-order valence-corrected chi connectivity index (χ0v) is 17.5. The second kappa shape index (κ2) is 8.02. The molecule has 0 radical (unpaired) electrons. The molecule has 5 rings (SSSR count). The summed E-state index contributed by atoms with van der Waals surface area (Å²) in [7, 11) is 0. The fraction of sp³-hybridized carbons (Fsp3) is 0.609. The van der Waals surface area contributed by atoms with Gasteiger partial charge in [0.1, 0.15) is 5.82 Å². The zero-order valence-electron chi connectivity index (χ0n) is 17.5. The van der Waals surface area contributed by atoms with E-state index >= 15 is 0 Å². The van der Waals surface area contributed by atoms with E-state index in [1.807, 2.05) is 39.8 Å². The van der Waals surface area contributed by atoms with Crippen molar-refractivity contribution in [2.45, 2.75) is 51.6 Å². The molecule has 0 aliphatic carbocycles. The SMILES string of the molecule is O=C(C1CCOC1)N1CCC2(CCc3nn(Cc4ccccc4)c(=O)n3CC2)CC1. The Labute approximate surface area is 176 Å². The zero-order chi connectivity index (χ0) is 20.6. The third-order valence-corrected chi connectivity index (χ3v) is 7.33. The summed E-state index contributed by atoms with van der Waals surface area (Å²) in [5.41, 5.74) is 1.31. The molecule has 160 valence electrons. The molecule has 4 heterocycles. The van der Waals surface area contributed by atoms with E-state index in [1.54, 1.807) is 4.68 Å². The monoisotopic (exact) mass is 410 g/mol. The fourth-order valence-electron chi connectivity index (χ4n) is 5.29. The van der Waals surface area contributed by atoms with E-state index in [-0.39, 0.29) is 22.9 Å². The van der Waals surface area contributed by atoms with E-state index in [1.165, 1.54) is 0 Å². The largest absolute Gasteiger partial charge is 0.381 e. The van der Waals surface area contributed by atoms with Gasteiger partial charge in [-0.3, -0.25) is 9.36 Å². The van der Waals surface area contributed by atoms with Crippen LogP contribution in [0.2, 0.25) is 0 Å². The first-order valence-electron chi connectivity index (χ1n) is 11.2. The van der Waals surface area contributed by atoms with Crippen LogP contribution in [0.25, 0.3) is 0 Å². The lowest BCUT2D eigenvalue weighted by atomic mass is 9.72. The molecule has 1 amide bonds. The van der Waals surface area contributed by atoms with Gasteiger partial charge in [-0.15, -0.1) is 0 Å². The molecular formula is C23H30N4O3. The maximum Gasteiger partial charge on any atom is 0.346 e. The fourth-order valence-corrected chi connectivity index (χ4v) is 5.29. The second-order valence-corrected chi connectivity index (χ2v) is 9.13. The average Bonchev–Trinajstić information content (AvgIpc) is 3.37. The van der Waals surface area contributed by atoms with Gasteiger partial charge in [0.2, 0.25) is 5.91 Å². The number of hydrogen-bond acceptors (Lipinski definition) is 4. The number of piperidine rings is 1. The predicted octanol–water partition coefficient (Wildman–Crippen LogP) is 2.07. The van der Waals surface area contributed by atoms with Gasteiger partial charge < -0.3 is 9.64 Å². The number of rotatable bonds is 3. The summed E-state index contributed by atoms with van der Waals surface area (Å²) in [6.45, 7) is 4.20. The van der Waals surface area contributed by atoms with Crippen LogP contribution in [-0.2, 0) is 29.0 Å². The molecule has 0 N–H and O–H groups in total. The van der Waals surface area contributed by atoms with Crippen LogP contribution in [0, 0.1) is 11.3 Å². The molecular weight excluding hydrogens is 380 g/mol. The molecule has 0 saturated carbocycles. The van der Waals surface area contributed by atoms with Crippen LogP contribution in [0.3, 0.4) is 0 Å². The Bertz CT molecular complexity index is 951. The van der Waals surface area contributed by atoms with Gasteiger partial charge in [0, 0.05) is 32.7 Å². The number of hydrogen-bond donors (Lipinski definition) is 0. The van der Waals surface area contributed by atoms with E-state index in [0.717, 1.165) is 69.5 Å². The van der Waals surface area contributed by atoms with Gasteiger partial charge in [0.25, 0.3) is 0 Å². The molecule has 7 nitrogen and oxygen atoms in total. The molecule has 2 saturated heterocycles. The molecule has 2 aromatic rings. The summed E-state index contributed by atoms with van der Waals surface area (Å²) in [5.74, 6) is 1.24. The molecule has 1 unspecified atom stereocenters. The highest BCUT2D eigenvalue weighted by Gasteiger charge is 2.39. The van der Waals surface area contributed by atoms with Crippen LogP contribution in [0.4, 0.5) is 0 Å². The van der Waals surface area contributed by atoms with Crippen molar-refractivity contribution in [3.05, 3.63) is 52.2 Å². The van der Waals surface area contributed by atoms with E-state index in [0.29, 0.717) is 19.8 Å². The first-order valence-corrected chi connectivity index (χ1v) is 11.2. The van der Waals surface area contributed by atoms with E-state index < -0.39 is 0 Å². The third kappa shape index (κ3) is 3.71. The van der Waals surface area contributed by atoms with Crippen molar-refractivity contribution in [2.75, 3.05) is 26.3 Å². The highest BCUT2D eigenvalue weighted by Crippen LogP contribution is 2.41. The Hall–Kier alpha value is -2.41. The van der Waals surface area contributed by atoms with Crippen molar-refractivity contribution in [2.24, 2.45) is 11.3 Å². The van der Waals surface area contributed by atoms with Crippen LogP contribution in [0.15, 0.2) is 35.1 Å². The van der Waals surface area contributed by atoms with Gasteiger partial charge in [-0.2, -0.15) is 5.10 Å². The summed E-state index contributed by atoms with van der Waals surface area (Å²) in [4.78, 5) is 27.7. The topological polar surface area (TPSA) is 69.4 Å². The third-order valence-electron chi connectivity index (χ3n) is 7.33. The standard InChI is InChI=1S/C23H30N4O3/c28-21(19-7-15-30-17-19)25-12-9-23(10-13-25)8-6-20-24-27(22(29)26(20)14-11-23)16-18-4-2-1-3-5-18/h1-5,19H,6-17H2. The predicted molar refractivity (Wildman–Crippen MR) is 112 cm³/mol. The molecule has 1 aromatic carbocycles. The van der Waals surface area contributed by atoms with Gasteiger partial charge in [-0.1, -0.05) is 30.3 Å². The van der Waals surface area contributed by atoms with Gasteiger partial charge in [-0.05, 0) is 43.1 Å². The number of carbonyl (C=O) groups excluding carboxylic acids is 1. The summed E-state index contributed by atoms with van der Waals surface area (Å²) in [6.07, 6.45) is 5.78. The molecule has 0 bridgehead atoms. The van der Waals surface area contributed by atoms with Crippen molar-refractivity contribution < 1.29 is 9.53 Å². The number of aromatic nitrogens is 3. The second-order valence-electron chi connectivity index (χ2n) is 9.13. The molecule has 3 aliphatic rings. The Morgan fingerprint density at radius 3 is 2.60 bits per heavy atom. The van der Waals surface area contributed by atoms with Gasteiger partial charge in [0.15, 0.2) is 0 Å². The Balaban J connectivity index is 1.23. The van der Waals surface area contributed by atoms with Crippen molar-refractivity contribution in [3.63, 3.8) is 0 Å². The Morgan fingerprint density at radius 1 is 1.10 bits per heavy atom. The maximum atomic E-state index is 12.9. The van der Waals surface area contributed by atoms with Gasteiger partial charge in [0.05, 0.1) is 19.1 Å². The minimum Gasteiger partial charge on any atom is -0.381 e. The first-order chi connectivity index (χ1) is 14.6. The molecule has 1 spiro atoms. The van der Waals surface area contributed by atoms with E-state index in [9.17, 15) is 9.59 Å². The van der Waals surface area contributed by atoms with Crippen molar-refractivity contribution >= 4 is 5.91 Å². The molecule has 2 fully saturated rings. The normalized spacial score (nSPS) is 23.3. The molecule has 1 atom stereocenters. The number of fused-ring (bicyclic) bond motifs is 1. The summed E-state index contributed by atoms with van der Waals surface area (Å²) < 4.78 is 8.88. The van der Waals surface area contributed by atoms with Crippen LogP contribution >= 0.6 is 0 Å².